The molecule has 2 N–H and O–H groups in total. The maximum atomic E-state index is 15.8. The minimum absolute atomic E-state index is 0. The van der Waals surface area contributed by atoms with E-state index in [1.165, 1.54) is 68.2 Å². The zero-order valence-electron chi connectivity index (χ0n) is 64.8. The van der Waals surface area contributed by atoms with E-state index in [1.807, 2.05) is 6.92 Å². The molecule has 9 aliphatic rings. The minimum Gasteiger partial charge on any atom is -0.481 e. The summed E-state index contributed by atoms with van der Waals surface area (Å²) in [6, 6.07) is 8.89. The van der Waals surface area contributed by atoms with E-state index in [4.69, 9.17) is 79.1 Å². The van der Waals surface area contributed by atoms with Gasteiger partial charge in [0.25, 0.3) is 10.0 Å². The van der Waals surface area contributed by atoms with E-state index in [0.717, 1.165) is 123 Å². The number of methoxy groups -OCH3 is 2. The van der Waals surface area contributed by atoms with Crippen LogP contribution in [0.3, 0.4) is 0 Å². The smallest absolute Gasteiger partial charge is 0.309 e. The van der Waals surface area contributed by atoms with Gasteiger partial charge in [0.2, 0.25) is 15.9 Å². The van der Waals surface area contributed by atoms with Crippen LogP contribution in [0.5, 0.6) is 0 Å². The second-order valence-electron chi connectivity index (χ2n) is 28.9. The summed E-state index contributed by atoms with van der Waals surface area (Å²) in [7, 11) is -1.31. The van der Waals surface area contributed by atoms with Gasteiger partial charge in [-0.25, -0.2) is 103 Å². The normalized spacial score (nSPS) is 21.7. The van der Waals surface area contributed by atoms with Crippen LogP contribution in [0, 0.1) is 126 Å². The number of carbonyl (C=O) groups excluding carboxylic acids is 2. The number of benzene rings is 1. The number of hydrogen-bond donors (Lipinski definition) is 2. The van der Waals surface area contributed by atoms with Crippen molar-refractivity contribution in [1.82, 2.24) is 68.8 Å². The summed E-state index contributed by atoms with van der Waals surface area (Å²) < 4.78 is 138. The summed E-state index contributed by atoms with van der Waals surface area (Å²) in [5, 5.41) is 10.1. The molecule has 120 heavy (non-hydrogen) atoms. The number of fused-ring (bicyclic) bond motifs is 11. The topological polar surface area (TPSA) is 299 Å². The van der Waals surface area contributed by atoms with Crippen molar-refractivity contribution in [2.75, 3.05) is 39.2 Å². The molecule has 9 fully saturated rings. The monoisotopic (exact) mass is 2040 g/mol. The molecule has 6 atom stereocenters. The van der Waals surface area contributed by atoms with E-state index in [-0.39, 0.29) is 210 Å². The molecule has 22 nitrogen and oxygen atoms in total. The Morgan fingerprint density at radius 1 is 0.500 bits per heavy atom. The molecular formula is C79H82Cl6F7N14O8S5W-. The van der Waals surface area contributed by atoms with Gasteiger partial charge in [0.1, 0.15) is 37.4 Å². The number of hydrogen-bond acceptors (Lipinski definition) is 23. The largest absolute Gasteiger partial charge is 0.481 e. The van der Waals surface area contributed by atoms with Crippen LogP contribution in [0.1, 0.15) is 107 Å². The Morgan fingerprint density at radius 3 is 1.31 bits per heavy atom. The summed E-state index contributed by atoms with van der Waals surface area (Å²) in [6.45, 7) is 1.85. The summed E-state index contributed by atoms with van der Waals surface area (Å²) in [6.07, 6.45) is 24.7. The van der Waals surface area contributed by atoms with Gasteiger partial charge in [-0.15, -0.1) is 47.0 Å². The molecule has 9 aliphatic carbocycles. The van der Waals surface area contributed by atoms with Crippen LogP contribution in [0.15, 0.2) is 86.2 Å². The van der Waals surface area contributed by atoms with Crippen molar-refractivity contribution in [2.24, 2.45) is 71.0 Å². The number of aliphatic carboxylic acids is 1. The summed E-state index contributed by atoms with van der Waals surface area (Å²) in [4.78, 5) is 87.7. The van der Waals surface area contributed by atoms with E-state index < -0.39 is 62.6 Å². The van der Waals surface area contributed by atoms with Crippen LogP contribution < -0.4 is 0 Å². The fraction of sp³-hybridized carbons (Fsp3) is 0.443. The zero-order valence-corrected chi connectivity index (χ0v) is 76.3. The number of carboxylic acid groups (broad SMARTS) is 1. The Kier molecular flexibility index (Phi) is 34.6. The molecule has 19 rings (SSSR count). The predicted molar refractivity (Wildman–Crippen MR) is 448 cm³/mol. The molecule has 9 heterocycles. The van der Waals surface area contributed by atoms with Gasteiger partial charge in [-0.3, -0.25) is 14.4 Å². The molecule has 644 valence electrons. The third-order valence-electron chi connectivity index (χ3n) is 22.7. The number of thioether (sulfide) groups is 4. The van der Waals surface area contributed by atoms with Crippen molar-refractivity contribution < 1.29 is 89.2 Å². The zero-order chi connectivity index (χ0) is 84.2. The second kappa shape index (κ2) is 42.6. The Hall–Kier alpha value is -6.30. The molecule has 0 radical (unpaired) electrons. The average Bonchev–Trinajstić information content (AvgIpc) is 1.43. The number of aryl methyl sites for hydroxylation is 1. The van der Waals surface area contributed by atoms with Crippen molar-refractivity contribution in [3.8, 4) is 22.8 Å². The van der Waals surface area contributed by atoms with Gasteiger partial charge in [0, 0.05) is 55.4 Å². The predicted octanol–water partition coefficient (Wildman–Crippen LogP) is 20.6. The molecule has 10 aromatic rings. The van der Waals surface area contributed by atoms with E-state index in [0.29, 0.717) is 40.5 Å². The number of nitrogens with one attached hydrogen (secondary N) is 1. The number of carbonyl (C=O) groups is 3. The van der Waals surface area contributed by atoms with Crippen LogP contribution in [0.4, 0.5) is 30.7 Å². The van der Waals surface area contributed by atoms with Crippen LogP contribution in [0.25, 0.3) is 44.8 Å². The molecule has 0 amide bonds. The third kappa shape index (κ3) is 21.4. The Balaban J connectivity index is 0.000000185. The molecule has 41 heteroatoms. The van der Waals surface area contributed by atoms with Gasteiger partial charge in [0.15, 0.2) is 61.8 Å². The number of carboxylic acids is 1. The number of aromatic nitrogens is 14. The van der Waals surface area contributed by atoms with Crippen LogP contribution in [0.2, 0.25) is 31.3 Å². The molecule has 0 aliphatic heterocycles. The van der Waals surface area contributed by atoms with Crippen molar-refractivity contribution in [2.45, 2.75) is 136 Å². The Bertz CT molecular complexity index is 5470. The first-order chi connectivity index (χ1) is 55.9. The van der Waals surface area contributed by atoms with E-state index in [2.05, 4.69) is 64.8 Å². The van der Waals surface area contributed by atoms with Crippen molar-refractivity contribution in [3.63, 3.8) is 0 Å². The maximum absolute atomic E-state index is 15.8. The van der Waals surface area contributed by atoms with E-state index in [1.54, 1.807) is 43.4 Å². The Morgan fingerprint density at radius 2 is 0.867 bits per heavy atom. The van der Waals surface area contributed by atoms with Crippen LogP contribution in [-0.2, 0) is 74.2 Å². The summed E-state index contributed by atoms with van der Waals surface area (Å²) in [5.41, 5.74) is 2.83. The number of nitrogens with zero attached hydrogens (tertiary/aromatic N) is 13. The third-order valence-corrected chi connectivity index (χ3v) is 28.3. The van der Waals surface area contributed by atoms with Crippen LogP contribution in [-0.4, -0.2) is 139 Å². The SMILES string of the molecule is C.COC(=O)[C@H]1C2CCC(CC2)[C@@H]1Cc1nc(-c2cn(S(=O)(=O)c3ccc(C)cc3)c3ncc(F)cc23)nc(SC)c1F.COC(=O)[C@H]1C2CCC(CC2)[C@@H]1Cc1nc(Cl)nc(SC)c1F.CSc1nc(-c2c[nH]c3ncc(F)cc23)nc(C[C@H]2C3CCC(CC3)[C@@H]2C(=O)O)c1F.CSc1nc(Cl)nc(Cl)c1F.Fc1c(Cl)nc(Cl)nc1Cl.[CH3-].[W]. The fourth-order valence-electron chi connectivity index (χ4n) is 17.4. The molecule has 9 saturated carbocycles. The average molecular weight is 2050 g/mol. The van der Waals surface area contributed by atoms with Gasteiger partial charge in [-0.1, -0.05) is 59.9 Å². The van der Waals surface area contributed by atoms with Gasteiger partial charge < -0.3 is 27.0 Å². The van der Waals surface area contributed by atoms with Crippen molar-refractivity contribution in [3.05, 3.63) is 163 Å². The van der Waals surface area contributed by atoms with Crippen LogP contribution >= 0.6 is 117 Å². The van der Waals surface area contributed by atoms with Gasteiger partial charge in [-0.2, -0.15) is 0 Å². The number of aromatic amines is 1. The molecule has 0 unspecified atom stereocenters. The first-order valence-electron chi connectivity index (χ1n) is 36.8. The number of halogens is 13. The summed E-state index contributed by atoms with van der Waals surface area (Å²) >= 11 is 37.0. The Labute approximate surface area is 750 Å². The number of esters is 2. The van der Waals surface area contributed by atoms with E-state index in [9.17, 15) is 49.9 Å². The maximum Gasteiger partial charge on any atom is 0.309 e. The van der Waals surface area contributed by atoms with E-state index >= 15 is 8.78 Å². The fourth-order valence-corrected chi connectivity index (χ4v) is 22.0. The number of pyridine rings is 2. The van der Waals surface area contributed by atoms with Crippen molar-refractivity contribution >= 4 is 167 Å². The molecule has 9 aromatic heterocycles. The molecule has 0 saturated heterocycles. The molecular weight excluding hydrogens is 1960 g/mol. The number of rotatable bonds is 17. The van der Waals surface area contributed by atoms with Gasteiger partial charge >= 0.3 is 17.9 Å². The second-order valence-corrected chi connectivity index (χ2v) is 36.0. The quantitative estimate of drug-likeness (QED) is 0.0214. The molecule has 0 spiro atoms. The molecule has 6 bridgehead atoms. The first-order valence-corrected chi connectivity index (χ1v) is 45.4. The number of H-pyrrole nitrogens is 1. The van der Waals surface area contributed by atoms with Gasteiger partial charge in [-0.05, 0) is 241 Å². The molecule has 1 aromatic carbocycles. The van der Waals surface area contributed by atoms with Crippen molar-refractivity contribution in [1.29, 1.82) is 0 Å². The number of ether oxygens (including phenoxy) is 2. The van der Waals surface area contributed by atoms with Gasteiger partial charge in [0.05, 0.1) is 66.3 Å². The summed E-state index contributed by atoms with van der Waals surface area (Å²) in [5.74, 6) is -4.53. The first kappa shape index (κ1) is 97.5. The minimum atomic E-state index is -4.12. The standard InChI is InChI=1S/C30H30F2N4O4S2.C22H22F2N4O2S.C16H20ClFN2O2S.C5H3Cl2FN2S.C4Cl3FN2.CH4.CH3.W/c1-16-4-10-20(11-5-16)42(38,39)36-15-23(22-12-19(31)14-33-28(22)36)27-34-24(26(32)29(35-27)41-3)13-21-17-6-8-18(9-7-17)25(21)30(37)40-2;1-31-21-18(24)16(7-13-10-2-4-11(5-3-10)17(13)22(29)30)27-20(28-21)15-9-26-19-14(15)6-12(23)8-25-19;1-22-15(21)12-9-5-3-8(4-6-9)10(12)7-11-13(18)14(23-2)20-16(17)19-11;1-11-4-2(8)3(6)9-5(7)10-4;5-2-1(8)3(6)10-4(7)9-2;;;/h4-5,10-12,14-15,17-18,21,25H,6-9,13H2,1-3H3;6,8-11,13,17H,2-5,7H2,1H3,(H,25,26)(H,29,30);8-10,12H,3-7H2,1-2H3;1H3;;1H4;1H3;/q;;;;;;-1;/t17?,18?,21-,25-;10?,11?,13-,17-;8?,9?,10-,12-;;;;;/m000...../s1.